The Bertz CT molecular complexity index is 657. The fourth-order valence-corrected chi connectivity index (χ4v) is 7.22. The van der Waals surface area contributed by atoms with Gasteiger partial charge >= 0.3 is 11.9 Å². The van der Waals surface area contributed by atoms with Crippen LogP contribution in [0.15, 0.2) is 0 Å². The molecule has 0 rings (SSSR count). The third kappa shape index (κ3) is 35.7. The highest BCUT2D eigenvalue weighted by atomic mass is 16.5. The van der Waals surface area contributed by atoms with Crippen LogP contribution in [0.4, 0.5) is 0 Å². The maximum atomic E-state index is 12.6. The second kappa shape index (κ2) is 38.6. The first-order valence-electron chi connectivity index (χ1n) is 22.9. The molecule has 0 aromatic heterocycles. The summed E-state index contributed by atoms with van der Waals surface area (Å²) in [6.07, 6.45) is 39.5. The van der Waals surface area contributed by atoms with Crippen molar-refractivity contribution in [1.82, 2.24) is 0 Å². The molecule has 0 aliphatic heterocycles. The molecule has 5 nitrogen and oxygen atoms in total. The molecule has 51 heavy (non-hydrogen) atoms. The van der Waals surface area contributed by atoms with Gasteiger partial charge in [0.1, 0.15) is 12.2 Å². The third-order valence-electron chi connectivity index (χ3n) is 10.4. The quantitative estimate of drug-likeness (QED) is 0.0465. The van der Waals surface area contributed by atoms with Gasteiger partial charge in [0.2, 0.25) is 0 Å². The van der Waals surface area contributed by atoms with E-state index in [2.05, 4.69) is 41.5 Å². The molecule has 0 N–H and O–H groups in total. The van der Waals surface area contributed by atoms with E-state index in [-0.39, 0.29) is 30.3 Å². The standard InChI is InChI=1S/C46H90O5/c1-7-11-15-25-35-43(36-26-16-12-8-2)50-45(47)39-31-23-19-21-29-33-42(49-41(5)6)34-30-22-20-24-32-40-46(48)51-44(37-27-17-13-9-3)38-28-18-14-10-4/h41-44H,7-40H2,1-6H3. The van der Waals surface area contributed by atoms with Crippen LogP contribution in [0, 0.1) is 0 Å². The van der Waals surface area contributed by atoms with Crippen LogP contribution in [0.2, 0.25) is 0 Å². The summed E-state index contributed by atoms with van der Waals surface area (Å²) in [6.45, 7) is 13.3. The fourth-order valence-electron chi connectivity index (χ4n) is 7.22. The molecule has 0 saturated carbocycles. The van der Waals surface area contributed by atoms with Gasteiger partial charge < -0.3 is 14.2 Å². The number of unbranched alkanes of at least 4 members (excludes halogenated alkanes) is 20. The van der Waals surface area contributed by atoms with E-state index in [9.17, 15) is 9.59 Å². The molecule has 0 aliphatic rings. The Hall–Kier alpha value is -1.10. The topological polar surface area (TPSA) is 61.8 Å². The van der Waals surface area contributed by atoms with Gasteiger partial charge in [0.25, 0.3) is 0 Å². The van der Waals surface area contributed by atoms with E-state index in [1.54, 1.807) is 0 Å². The largest absolute Gasteiger partial charge is 0.462 e. The monoisotopic (exact) mass is 723 g/mol. The summed E-state index contributed by atoms with van der Waals surface area (Å²) in [6, 6.07) is 0. The normalized spacial score (nSPS) is 11.8. The van der Waals surface area contributed by atoms with E-state index in [1.165, 1.54) is 141 Å². The molecule has 0 aromatic carbocycles. The Labute approximate surface area is 319 Å². The van der Waals surface area contributed by atoms with Crippen molar-refractivity contribution >= 4 is 11.9 Å². The Balaban J connectivity index is 4.17. The molecule has 0 amide bonds. The molecule has 5 heteroatoms. The SMILES string of the molecule is CCCCCCC(CCCCCC)OC(=O)CCCCCCCC(CCCCCCCC(=O)OC(CCCCCC)CCCCCC)OC(C)C. The van der Waals surface area contributed by atoms with Crippen molar-refractivity contribution in [2.75, 3.05) is 0 Å². The van der Waals surface area contributed by atoms with Crippen molar-refractivity contribution in [3.63, 3.8) is 0 Å². The maximum Gasteiger partial charge on any atom is 0.306 e. The Morgan fingerprint density at radius 2 is 0.608 bits per heavy atom. The number of rotatable bonds is 40. The van der Waals surface area contributed by atoms with Gasteiger partial charge in [0, 0.05) is 12.8 Å². The molecule has 0 radical (unpaired) electrons. The zero-order valence-electron chi connectivity index (χ0n) is 35.4. The van der Waals surface area contributed by atoms with Gasteiger partial charge in [0.05, 0.1) is 12.2 Å². The molecule has 304 valence electrons. The predicted molar refractivity (Wildman–Crippen MR) is 219 cm³/mol. The van der Waals surface area contributed by atoms with E-state index >= 15 is 0 Å². The van der Waals surface area contributed by atoms with Crippen molar-refractivity contribution in [3.8, 4) is 0 Å². The predicted octanol–water partition coefficient (Wildman–Crippen LogP) is 14.9. The average molecular weight is 723 g/mol. The average Bonchev–Trinajstić information content (AvgIpc) is 3.10. The van der Waals surface area contributed by atoms with Crippen LogP contribution in [0.1, 0.15) is 260 Å². The number of esters is 2. The van der Waals surface area contributed by atoms with Gasteiger partial charge in [-0.1, -0.05) is 156 Å². The lowest BCUT2D eigenvalue weighted by molar-refractivity contribution is -0.151. The van der Waals surface area contributed by atoms with Gasteiger partial charge in [-0.2, -0.15) is 0 Å². The number of carbonyl (C=O) groups excluding carboxylic acids is 2. The summed E-state index contributed by atoms with van der Waals surface area (Å²) < 4.78 is 18.2. The molecular weight excluding hydrogens is 633 g/mol. The van der Waals surface area contributed by atoms with Crippen LogP contribution in [-0.4, -0.2) is 36.4 Å². The minimum atomic E-state index is 0.0197. The molecule has 0 heterocycles. The van der Waals surface area contributed by atoms with Crippen LogP contribution < -0.4 is 0 Å². The van der Waals surface area contributed by atoms with Crippen LogP contribution in [-0.2, 0) is 23.8 Å². The first kappa shape index (κ1) is 49.9. The number of carbonyl (C=O) groups is 2. The Morgan fingerprint density at radius 3 is 0.902 bits per heavy atom. The van der Waals surface area contributed by atoms with Crippen molar-refractivity contribution < 1.29 is 23.8 Å². The second-order valence-electron chi connectivity index (χ2n) is 16.0. The smallest absolute Gasteiger partial charge is 0.306 e. The Morgan fingerprint density at radius 1 is 0.353 bits per heavy atom. The summed E-state index contributed by atoms with van der Waals surface area (Å²) in [5.41, 5.74) is 0. The van der Waals surface area contributed by atoms with Crippen molar-refractivity contribution in [1.29, 1.82) is 0 Å². The third-order valence-corrected chi connectivity index (χ3v) is 10.4. The molecule has 0 saturated heterocycles. The highest BCUT2D eigenvalue weighted by molar-refractivity contribution is 5.69. The van der Waals surface area contributed by atoms with Crippen LogP contribution in [0.3, 0.4) is 0 Å². The van der Waals surface area contributed by atoms with Gasteiger partial charge in [-0.25, -0.2) is 0 Å². The number of hydrogen-bond acceptors (Lipinski definition) is 5. The van der Waals surface area contributed by atoms with Crippen molar-refractivity contribution in [2.45, 2.75) is 284 Å². The molecule has 0 unspecified atom stereocenters. The lowest BCUT2D eigenvalue weighted by atomic mass is 10.0. The molecule has 0 spiro atoms. The molecule has 0 aliphatic carbocycles. The highest BCUT2D eigenvalue weighted by Crippen LogP contribution is 2.21. The van der Waals surface area contributed by atoms with Crippen LogP contribution in [0.25, 0.3) is 0 Å². The summed E-state index contributed by atoms with van der Waals surface area (Å²) in [5, 5.41) is 0. The molecule has 0 atom stereocenters. The minimum absolute atomic E-state index is 0.0197. The van der Waals surface area contributed by atoms with E-state index in [0.717, 1.165) is 64.2 Å². The highest BCUT2D eigenvalue weighted by Gasteiger charge is 2.16. The molecule has 0 aromatic rings. The zero-order chi connectivity index (χ0) is 37.6. The van der Waals surface area contributed by atoms with E-state index in [4.69, 9.17) is 14.2 Å². The molecule has 0 fully saturated rings. The number of hydrogen-bond donors (Lipinski definition) is 0. The fraction of sp³-hybridized carbons (Fsp3) is 0.957. The van der Waals surface area contributed by atoms with Gasteiger partial charge in [-0.05, 0) is 90.9 Å². The summed E-state index contributed by atoms with van der Waals surface area (Å²) in [5.74, 6) is 0.0394. The first-order valence-corrected chi connectivity index (χ1v) is 22.9. The summed E-state index contributed by atoms with van der Waals surface area (Å²) >= 11 is 0. The number of ether oxygens (including phenoxy) is 3. The lowest BCUT2D eigenvalue weighted by Crippen LogP contribution is -2.18. The van der Waals surface area contributed by atoms with Gasteiger partial charge in [0.15, 0.2) is 0 Å². The zero-order valence-corrected chi connectivity index (χ0v) is 35.4. The second-order valence-corrected chi connectivity index (χ2v) is 16.0. The first-order chi connectivity index (χ1) is 24.9. The Kier molecular flexibility index (Phi) is 37.8. The van der Waals surface area contributed by atoms with Gasteiger partial charge in [-0.15, -0.1) is 0 Å². The molecule has 0 bridgehead atoms. The maximum absolute atomic E-state index is 12.6. The van der Waals surface area contributed by atoms with E-state index in [0.29, 0.717) is 18.9 Å². The van der Waals surface area contributed by atoms with E-state index < -0.39 is 0 Å². The minimum Gasteiger partial charge on any atom is -0.462 e. The molecular formula is C46H90O5. The summed E-state index contributed by atoms with van der Waals surface area (Å²) in [4.78, 5) is 25.2. The van der Waals surface area contributed by atoms with Crippen molar-refractivity contribution in [2.24, 2.45) is 0 Å². The van der Waals surface area contributed by atoms with E-state index in [1.807, 2.05) is 0 Å². The van der Waals surface area contributed by atoms with Crippen LogP contribution in [0.5, 0.6) is 0 Å². The summed E-state index contributed by atoms with van der Waals surface area (Å²) in [7, 11) is 0. The lowest BCUT2D eigenvalue weighted by Gasteiger charge is -2.20. The van der Waals surface area contributed by atoms with Crippen LogP contribution >= 0.6 is 0 Å². The van der Waals surface area contributed by atoms with Crippen molar-refractivity contribution in [3.05, 3.63) is 0 Å². The van der Waals surface area contributed by atoms with Gasteiger partial charge in [-0.3, -0.25) is 9.59 Å².